The SMILES string of the molecule is Nc1ncc(Br)cc1S(=O)(=O)Nc1nc2c(s1)CCC2. The van der Waals surface area contributed by atoms with Gasteiger partial charge in [0.25, 0.3) is 10.0 Å². The first-order chi connectivity index (χ1) is 9.45. The van der Waals surface area contributed by atoms with Gasteiger partial charge in [-0.25, -0.2) is 18.4 Å². The Hall–Kier alpha value is -1.19. The van der Waals surface area contributed by atoms with E-state index in [1.807, 2.05) is 0 Å². The van der Waals surface area contributed by atoms with Crippen LogP contribution in [0.3, 0.4) is 0 Å². The number of nitrogen functional groups attached to an aromatic ring is 1. The van der Waals surface area contributed by atoms with Crippen molar-refractivity contribution in [1.29, 1.82) is 0 Å². The van der Waals surface area contributed by atoms with Crippen molar-refractivity contribution in [3.8, 4) is 0 Å². The molecule has 2 aromatic rings. The van der Waals surface area contributed by atoms with Gasteiger partial charge in [-0.3, -0.25) is 4.72 Å². The number of anilines is 2. The fourth-order valence-corrected chi connectivity index (χ4v) is 4.93. The molecule has 0 saturated carbocycles. The van der Waals surface area contributed by atoms with E-state index in [1.165, 1.54) is 23.6 Å². The van der Waals surface area contributed by atoms with E-state index < -0.39 is 10.0 Å². The van der Waals surface area contributed by atoms with E-state index >= 15 is 0 Å². The van der Waals surface area contributed by atoms with Crippen LogP contribution in [0.5, 0.6) is 0 Å². The van der Waals surface area contributed by atoms with Crippen molar-refractivity contribution in [1.82, 2.24) is 9.97 Å². The van der Waals surface area contributed by atoms with Gasteiger partial charge in [-0.05, 0) is 41.3 Å². The predicted octanol–water partition coefficient (Wildman–Crippen LogP) is 2.17. The molecule has 20 heavy (non-hydrogen) atoms. The number of hydrogen-bond acceptors (Lipinski definition) is 6. The fourth-order valence-electron chi connectivity index (χ4n) is 2.05. The number of aryl methyl sites for hydroxylation is 2. The van der Waals surface area contributed by atoms with Crippen molar-refractivity contribution in [2.45, 2.75) is 24.2 Å². The smallest absolute Gasteiger partial charge is 0.267 e. The summed E-state index contributed by atoms with van der Waals surface area (Å²) < 4.78 is 27.7. The summed E-state index contributed by atoms with van der Waals surface area (Å²) in [5.41, 5.74) is 6.63. The van der Waals surface area contributed by atoms with Crippen LogP contribution in [0.25, 0.3) is 0 Å². The van der Waals surface area contributed by atoms with E-state index in [-0.39, 0.29) is 10.7 Å². The lowest BCUT2D eigenvalue weighted by Gasteiger charge is -2.07. The molecule has 0 radical (unpaired) electrons. The van der Waals surface area contributed by atoms with Crippen LogP contribution in [-0.2, 0) is 22.9 Å². The molecule has 0 saturated heterocycles. The Bertz CT molecular complexity index is 751. The summed E-state index contributed by atoms with van der Waals surface area (Å²) in [6.07, 6.45) is 4.42. The maximum absolute atomic E-state index is 12.3. The van der Waals surface area contributed by atoms with Crippen LogP contribution in [0.4, 0.5) is 10.9 Å². The van der Waals surface area contributed by atoms with Gasteiger partial charge < -0.3 is 5.73 Å². The topological polar surface area (TPSA) is 98.0 Å². The quantitative estimate of drug-likeness (QED) is 0.857. The molecule has 3 rings (SSSR count). The van der Waals surface area contributed by atoms with Gasteiger partial charge in [-0.1, -0.05) is 0 Å². The molecule has 0 aromatic carbocycles. The Morgan fingerprint density at radius 2 is 2.20 bits per heavy atom. The minimum atomic E-state index is -3.77. The minimum absolute atomic E-state index is 0.0372. The molecule has 1 aliphatic carbocycles. The number of hydrogen-bond donors (Lipinski definition) is 2. The van der Waals surface area contributed by atoms with Crippen LogP contribution >= 0.6 is 27.3 Å². The second-order valence-corrected chi connectivity index (χ2v) is 8.03. The maximum Gasteiger partial charge on any atom is 0.267 e. The van der Waals surface area contributed by atoms with Gasteiger partial charge >= 0.3 is 0 Å². The fraction of sp³-hybridized carbons (Fsp3) is 0.273. The van der Waals surface area contributed by atoms with E-state index in [2.05, 4.69) is 30.6 Å². The van der Waals surface area contributed by atoms with E-state index in [9.17, 15) is 8.42 Å². The molecule has 0 fully saturated rings. The molecular formula is C11H11BrN4O2S2. The lowest BCUT2D eigenvalue weighted by atomic mass is 10.4. The molecular weight excluding hydrogens is 364 g/mol. The van der Waals surface area contributed by atoms with Crippen LogP contribution in [0.1, 0.15) is 17.0 Å². The van der Waals surface area contributed by atoms with Crippen LogP contribution in [0, 0.1) is 0 Å². The number of nitrogens with two attached hydrogens (primary N) is 1. The highest BCUT2D eigenvalue weighted by molar-refractivity contribution is 9.10. The molecule has 2 aromatic heterocycles. The third-order valence-electron chi connectivity index (χ3n) is 2.96. The standard InChI is InChI=1S/C11H11BrN4O2S2/c12-6-4-9(10(13)14-5-6)20(17,18)16-11-15-7-2-1-3-8(7)19-11/h4-5H,1-3H2,(H2,13,14)(H,15,16). The van der Waals surface area contributed by atoms with Crippen LogP contribution < -0.4 is 10.5 Å². The number of thiazole rings is 1. The van der Waals surface area contributed by atoms with Gasteiger partial charge in [0.1, 0.15) is 10.7 Å². The first-order valence-electron chi connectivity index (χ1n) is 5.88. The number of sulfonamides is 1. The third-order valence-corrected chi connectivity index (χ3v) is 5.96. The number of pyridine rings is 1. The van der Waals surface area contributed by atoms with Crippen LogP contribution in [0.2, 0.25) is 0 Å². The minimum Gasteiger partial charge on any atom is -0.383 e. The molecule has 0 amide bonds. The summed E-state index contributed by atoms with van der Waals surface area (Å²) >= 11 is 4.57. The van der Waals surface area contributed by atoms with Gasteiger partial charge in [-0.15, -0.1) is 11.3 Å². The molecule has 0 atom stereocenters. The predicted molar refractivity (Wildman–Crippen MR) is 81.3 cm³/mol. The third kappa shape index (κ3) is 2.52. The lowest BCUT2D eigenvalue weighted by molar-refractivity contribution is 0.601. The van der Waals surface area contributed by atoms with E-state index in [0.717, 1.165) is 29.8 Å². The first kappa shape index (κ1) is 13.8. The molecule has 0 spiro atoms. The monoisotopic (exact) mass is 374 g/mol. The number of fused-ring (bicyclic) bond motifs is 1. The molecule has 106 valence electrons. The second-order valence-electron chi connectivity index (χ2n) is 4.38. The summed E-state index contributed by atoms with van der Waals surface area (Å²) in [6.45, 7) is 0. The van der Waals surface area contributed by atoms with Crippen molar-refractivity contribution in [3.05, 3.63) is 27.3 Å². The van der Waals surface area contributed by atoms with Crippen molar-refractivity contribution < 1.29 is 8.42 Å². The average Bonchev–Trinajstić information content (AvgIpc) is 2.92. The molecule has 9 heteroatoms. The van der Waals surface area contributed by atoms with E-state index in [1.54, 1.807) is 0 Å². The zero-order valence-electron chi connectivity index (χ0n) is 10.3. The highest BCUT2D eigenvalue weighted by Crippen LogP contribution is 2.32. The maximum atomic E-state index is 12.3. The number of rotatable bonds is 3. The molecule has 0 bridgehead atoms. The van der Waals surface area contributed by atoms with Gasteiger partial charge in [0.05, 0.1) is 5.69 Å². The Kier molecular flexibility index (Phi) is 3.43. The van der Waals surface area contributed by atoms with Crippen LogP contribution in [0.15, 0.2) is 21.6 Å². The van der Waals surface area contributed by atoms with Crippen molar-refractivity contribution in [2.75, 3.05) is 10.5 Å². The summed E-state index contributed by atoms with van der Waals surface area (Å²) in [7, 11) is -3.77. The molecule has 0 aliphatic heterocycles. The molecule has 2 heterocycles. The highest BCUT2D eigenvalue weighted by atomic mass is 79.9. The van der Waals surface area contributed by atoms with Crippen molar-refractivity contribution in [2.24, 2.45) is 0 Å². The number of aromatic nitrogens is 2. The van der Waals surface area contributed by atoms with Gasteiger partial charge in [0.15, 0.2) is 5.13 Å². The van der Waals surface area contributed by atoms with Crippen molar-refractivity contribution >= 4 is 48.2 Å². The van der Waals surface area contributed by atoms with E-state index in [0.29, 0.717) is 9.60 Å². The molecule has 0 unspecified atom stereocenters. The second kappa shape index (κ2) is 4.97. The molecule has 1 aliphatic rings. The highest BCUT2D eigenvalue weighted by Gasteiger charge is 2.23. The number of halogens is 1. The molecule has 6 nitrogen and oxygen atoms in total. The summed E-state index contributed by atoms with van der Waals surface area (Å²) in [6, 6.07) is 1.42. The lowest BCUT2D eigenvalue weighted by Crippen LogP contribution is -2.15. The molecule has 3 N–H and O–H groups in total. The zero-order chi connectivity index (χ0) is 14.3. The van der Waals surface area contributed by atoms with Gasteiger partial charge in [-0.2, -0.15) is 0 Å². The Morgan fingerprint density at radius 1 is 1.40 bits per heavy atom. The summed E-state index contributed by atoms with van der Waals surface area (Å²) in [4.78, 5) is 9.24. The van der Waals surface area contributed by atoms with Gasteiger partial charge in [0, 0.05) is 15.5 Å². The van der Waals surface area contributed by atoms with Crippen LogP contribution in [-0.4, -0.2) is 18.4 Å². The summed E-state index contributed by atoms with van der Waals surface area (Å²) in [5, 5.41) is 0.383. The number of nitrogens with zero attached hydrogens (tertiary/aromatic N) is 2. The Labute approximate surface area is 128 Å². The first-order valence-corrected chi connectivity index (χ1v) is 8.97. The average molecular weight is 375 g/mol. The largest absolute Gasteiger partial charge is 0.383 e. The Morgan fingerprint density at radius 3 is 2.95 bits per heavy atom. The van der Waals surface area contributed by atoms with Crippen molar-refractivity contribution in [3.63, 3.8) is 0 Å². The zero-order valence-corrected chi connectivity index (χ0v) is 13.5. The normalized spacial score (nSPS) is 14.2. The number of nitrogens with one attached hydrogen (secondary N) is 1. The van der Waals surface area contributed by atoms with Gasteiger partial charge in [0.2, 0.25) is 0 Å². The van der Waals surface area contributed by atoms with E-state index in [4.69, 9.17) is 5.73 Å². The Balaban J connectivity index is 1.93. The summed E-state index contributed by atoms with van der Waals surface area (Å²) in [5.74, 6) is -0.0372.